The first-order valence-electron chi connectivity index (χ1n) is 2.32. The predicted octanol–water partition coefficient (Wildman–Crippen LogP) is 0.195. The maximum absolute atomic E-state index is 8.15. The molecule has 0 aliphatic heterocycles. The summed E-state index contributed by atoms with van der Waals surface area (Å²) in [4.78, 5) is 0. The molecule has 0 aliphatic carbocycles. The van der Waals surface area contributed by atoms with Crippen molar-refractivity contribution in [2.45, 2.75) is 20.3 Å². The van der Waals surface area contributed by atoms with Gasteiger partial charge in [-0.2, -0.15) is 0 Å². The number of rotatable bonds is 2. The number of aliphatic hydroxyl groups is 2. The summed E-state index contributed by atoms with van der Waals surface area (Å²) in [5.74, 6) is 0.500. The van der Waals surface area contributed by atoms with E-state index in [0.29, 0.717) is 5.76 Å². The lowest BCUT2D eigenvalue weighted by Crippen LogP contribution is -2.07. The predicted molar refractivity (Wildman–Crippen MR) is 28.7 cm³/mol. The van der Waals surface area contributed by atoms with Crippen molar-refractivity contribution in [1.82, 2.24) is 0 Å². The van der Waals surface area contributed by atoms with E-state index in [9.17, 15) is 0 Å². The highest BCUT2D eigenvalue weighted by Crippen LogP contribution is 1.95. The van der Waals surface area contributed by atoms with Crippen LogP contribution in [0.5, 0.6) is 0 Å². The Morgan fingerprint density at radius 3 is 2.25 bits per heavy atom. The van der Waals surface area contributed by atoms with Gasteiger partial charge in [0, 0.05) is 0 Å². The van der Waals surface area contributed by atoms with Crippen molar-refractivity contribution in [2.24, 2.45) is 0 Å². The summed E-state index contributed by atoms with van der Waals surface area (Å²) in [6, 6.07) is 0. The van der Waals surface area contributed by atoms with Gasteiger partial charge in [0.2, 0.25) is 0 Å². The summed E-state index contributed by atoms with van der Waals surface area (Å²) in [5.41, 5.74) is 0. The van der Waals surface area contributed by atoms with Gasteiger partial charge in [-0.15, -0.1) is 0 Å². The van der Waals surface area contributed by atoms with E-state index in [1.165, 1.54) is 0 Å². The van der Waals surface area contributed by atoms with Gasteiger partial charge >= 0.3 is 6.48 Å². The van der Waals surface area contributed by atoms with Gasteiger partial charge in [-0.3, -0.25) is 0 Å². The lowest BCUT2D eigenvalue weighted by Gasteiger charge is -2.05. The van der Waals surface area contributed by atoms with Gasteiger partial charge in [0.05, 0.1) is 5.76 Å². The third-order valence-corrected chi connectivity index (χ3v) is 0.698. The average Bonchev–Trinajstić information content (AvgIpc) is 1.65. The topological polar surface area (TPSA) is 49.7 Å². The molecule has 0 fully saturated rings. The fraction of sp³-hybridized carbons (Fsp3) is 0.600. The summed E-state index contributed by atoms with van der Waals surface area (Å²) in [7, 11) is 0. The Kier molecular flexibility index (Phi) is 3.23. The van der Waals surface area contributed by atoms with Crippen molar-refractivity contribution in [3.8, 4) is 0 Å². The highest BCUT2D eigenvalue weighted by atomic mass is 16.7. The lowest BCUT2D eigenvalue weighted by atomic mass is 10.5. The van der Waals surface area contributed by atoms with Crippen LogP contribution in [0.15, 0.2) is 11.8 Å². The van der Waals surface area contributed by atoms with Crippen molar-refractivity contribution in [3.05, 3.63) is 11.8 Å². The van der Waals surface area contributed by atoms with E-state index >= 15 is 0 Å². The molecule has 2 N–H and O–H groups in total. The zero-order valence-electron chi connectivity index (χ0n) is 4.96. The average molecular weight is 118 g/mol. The standard InChI is InChI=1S/C5H10O3/c1-3-4(2)8-5(6)7/h3,5-7H,1-2H3. The lowest BCUT2D eigenvalue weighted by molar-refractivity contribution is -0.211. The third-order valence-electron chi connectivity index (χ3n) is 0.698. The summed E-state index contributed by atoms with van der Waals surface area (Å²) in [6.45, 7) is 1.70. The van der Waals surface area contributed by atoms with Crippen LogP contribution in [-0.2, 0) is 4.74 Å². The van der Waals surface area contributed by atoms with Crippen LogP contribution in [0, 0.1) is 0 Å². The van der Waals surface area contributed by atoms with Crippen molar-refractivity contribution in [3.63, 3.8) is 0 Å². The van der Waals surface area contributed by atoms with Crippen LogP contribution >= 0.6 is 0 Å². The summed E-state index contributed by atoms with van der Waals surface area (Å²) >= 11 is 0. The molecule has 0 spiro atoms. The fourth-order valence-corrected chi connectivity index (χ4v) is 0.234. The second-order valence-corrected chi connectivity index (χ2v) is 1.34. The molecule has 0 aromatic carbocycles. The zero-order valence-corrected chi connectivity index (χ0v) is 4.96. The van der Waals surface area contributed by atoms with Crippen molar-refractivity contribution in [1.29, 1.82) is 0 Å². The SMILES string of the molecule is CC=C(C)OC(O)O. The van der Waals surface area contributed by atoms with Crippen LogP contribution in [0.1, 0.15) is 13.8 Å². The minimum Gasteiger partial charge on any atom is -0.447 e. The van der Waals surface area contributed by atoms with Crippen LogP contribution in [0.4, 0.5) is 0 Å². The van der Waals surface area contributed by atoms with Gasteiger partial charge < -0.3 is 14.9 Å². The normalized spacial score (nSPS) is 12.4. The van der Waals surface area contributed by atoms with E-state index in [-0.39, 0.29) is 0 Å². The van der Waals surface area contributed by atoms with Crippen molar-refractivity contribution < 1.29 is 14.9 Å². The first-order chi connectivity index (χ1) is 3.66. The summed E-state index contributed by atoms with van der Waals surface area (Å²) in [5, 5.41) is 16.3. The Morgan fingerprint density at radius 2 is 2.12 bits per heavy atom. The molecular formula is C5H10O3. The molecule has 0 saturated carbocycles. The molecule has 48 valence electrons. The highest BCUT2D eigenvalue weighted by molar-refractivity contribution is 4.83. The van der Waals surface area contributed by atoms with Crippen LogP contribution < -0.4 is 0 Å². The van der Waals surface area contributed by atoms with Gasteiger partial charge in [0.1, 0.15) is 0 Å². The van der Waals surface area contributed by atoms with Gasteiger partial charge in [-0.1, -0.05) is 0 Å². The quantitative estimate of drug-likeness (QED) is 0.402. The fourth-order valence-electron chi connectivity index (χ4n) is 0.234. The second kappa shape index (κ2) is 3.46. The zero-order chi connectivity index (χ0) is 6.57. The van der Waals surface area contributed by atoms with Gasteiger partial charge in [-0.25, -0.2) is 0 Å². The Morgan fingerprint density at radius 1 is 1.62 bits per heavy atom. The van der Waals surface area contributed by atoms with E-state index in [1.807, 2.05) is 0 Å². The van der Waals surface area contributed by atoms with E-state index < -0.39 is 6.48 Å². The molecule has 3 nitrogen and oxygen atoms in total. The Balaban J connectivity index is 3.39. The van der Waals surface area contributed by atoms with Gasteiger partial charge in [-0.05, 0) is 19.9 Å². The molecule has 0 rings (SSSR count). The minimum atomic E-state index is -1.69. The summed E-state index contributed by atoms with van der Waals surface area (Å²) in [6.07, 6.45) is 1.64. The first kappa shape index (κ1) is 7.46. The minimum absolute atomic E-state index is 0.500. The third kappa shape index (κ3) is 3.64. The van der Waals surface area contributed by atoms with Gasteiger partial charge in [0.25, 0.3) is 0 Å². The maximum Gasteiger partial charge on any atom is 0.310 e. The molecule has 0 atom stereocenters. The van der Waals surface area contributed by atoms with Crippen LogP contribution in [0.2, 0.25) is 0 Å². The maximum atomic E-state index is 8.15. The molecule has 0 bridgehead atoms. The summed E-state index contributed by atoms with van der Waals surface area (Å²) < 4.78 is 4.37. The molecule has 8 heavy (non-hydrogen) atoms. The van der Waals surface area contributed by atoms with Crippen LogP contribution in [0.25, 0.3) is 0 Å². The molecule has 0 aromatic heterocycles. The molecule has 0 aliphatic rings. The number of hydrogen-bond donors (Lipinski definition) is 2. The molecule has 0 aromatic rings. The molecule has 0 unspecified atom stereocenters. The molecule has 0 saturated heterocycles. The van der Waals surface area contributed by atoms with Gasteiger partial charge in [0.15, 0.2) is 0 Å². The molecule has 0 heterocycles. The second-order valence-electron chi connectivity index (χ2n) is 1.34. The molecule has 0 radical (unpaired) electrons. The Bertz CT molecular complexity index is 85.7. The molecule has 0 amide bonds. The smallest absolute Gasteiger partial charge is 0.310 e. The largest absolute Gasteiger partial charge is 0.447 e. The number of allylic oxidation sites excluding steroid dienone is 2. The van der Waals surface area contributed by atoms with Crippen LogP contribution in [0.3, 0.4) is 0 Å². The Hall–Kier alpha value is -0.540. The van der Waals surface area contributed by atoms with E-state index in [0.717, 1.165) is 0 Å². The monoisotopic (exact) mass is 118 g/mol. The molecular weight excluding hydrogens is 108 g/mol. The molecule has 3 heteroatoms. The van der Waals surface area contributed by atoms with E-state index in [2.05, 4.69) is 4.74 Å². The van der Waals surface area contributed by atoms with Crippen LogP contribution in [-0.4, -0.2) is 16.7 Å². The Labute approximate surface area is 48.2 Å². The number of hydrogen-bond acceptors (Lipinski definition) is 3. The first-order valence-corrected chi connectivity index (χ1v) is 2.32. The van der Waals surface area contributed by atoms with E-state index in [4.69, 9.17) is 10.2 Å². The highest BCUT2D eigenvalue weighted by Gasteiger charge is 1.93. The number of ether oxygens (including phenoxy) is 1. The van der Waals surface area contributed by atoms with Crippen molar-refractivity contribution >= 4 is 0 Å². The number of aliphatic hydroxyl groups excluding tert-OH is 1. The van der Waals surface area contributed by atoms with Crippen molar-refractivity contribution in [2.75, 3.05) is 0 Å². The van der Waals surface area contributed by atoms with E-state index in [1.54, 1.807) is 19.9 Å².